The van der Waals surface area contributed by atoms with Gasteiger partial charge in [-0.25, -0.2) is 0 Å². The Hall–Kier alpha value is -1.43. The van der Waals surface area contributed by atoms with Crippen LogP contribution in [0.25, 0.3) is 0 Å². The van der Waals surface area contributed by atoms with E-state index in [9.17, 15) is 9.90 Å². The van der Waals surface area contributed by atoms with E-state index in [0.29, 0.717) is 32.6 Å². The minimum atomic E-state index is -0.128. The second kappa shape index (κ2) is 8.12. The molecule has 2 atom stereocenters. The van der Waals surface area contributed by atoms with Crippen LogP contribution in [0, 0.1) is 0 Å². The first-order valence-corrected chi connectivity index (χ1v) is 7.29. The number of nitrogens with zero attached hydrogens (tertiary/aromatic N) is 1. The smallest absolute Gasteiger partial charge is 0.225 e. The number of carbonyl (C=O) groups excluding carboxylic acids is 1. The summed E-state index contributed by atoms with van der Waals surface area (Å²) in [5.74, 6) is 0.0154. The number of hydrogen-bond donors (Lipinski definition) is 1. The van der Waals surface area contributed by atoms with Crippen LogP contribution in [-0.2, 0) is 20.9 Å². The average molecular weight is 293 g/mol. The zero-order chi connectivity index (χ0) is 15.1. The van der Waals surface area contributed by atoms with Crippen LogP contribution >= 0.6 is 0 Å². The lowest BCUT2D eigenvalue weighted by Gasteiger charge is -2.22. The summed E-state index contributed by atoms with van der Waals surface area (Å²) >= 11 is 0. The van der Waals surface area contributed by atoms with Gasteiger partial charge in [-0.05, 0) is 12.0 Å². The summed E-state index contributed by atoms with van der Waals surface area (Å²) in [6.07, 6.45) is 1.06. The van der Waals surface area contributed by atoms with Crippen LogP contribution in [0.2, 0.25) is 0 Å². The van der Waals surface area contributed by atoms with E-state index in [1.165, 1.54) is 0 Å². The predicted octanol–water partition coefficient (Wildman–Crippen LogP) is 1.20. The molecule has 0 spiro atoms. The second-order valence-corrected chi connectivity index (χ2v) is 5.26. The summed E-state index contributed by atoms with van der Waals surface area (Å²) in [5, 5.41) is 9.34. The highest BCUT2D eigenvalue weighted by atomic mass is 16.5. The van der Waals surface area contributed by atoms with Gasteiger partial charge in [0.15, 0.2) is 0 Å². The van der Waals surface area contributed by atoms with Crippen molar-refractivity contribution in [2.45, 2.75) is 31.6 Å². The van der Waals surface area contributed by atoms with Crippen molar-refractivity contribution in [1.82, 2.24) is 4.90 Å². The molecule has 1 aliphatic heterocycles. The summed E-state index contributed by atoms with van der Waals surface area (Å²) in [6, 6.07) is 9.74. The zero-order valence-electron chi connectivity index (χ0n) is 12.4. The van der Waals surface area contributed by atoms with E-state index in [2.05, 4.69) is 0 Å². The number of amides is 1. The lowest BCUT2D eigenvalue weighted by Crippen LogP contribution is -2.38. The molecule has 1 aromatic carbocycles. The molecule has 1 heterocycles. The summed E-state index contributed by atoms with van der Waals surface area (Å²) in [5.41, 5.74) is 1.10. The molecule has 0 aliphatic carbocycles. The molecule has 1 N–H and O–H groups in total. The highest BCUT2D eigenvalue weighted by Gasteiger charge is 2.34. The molecule has 0 bridgehead atoms. The van der Waals surface area contributed by atoms with Gasteiger partial charge in [-0.2, -0.15) is 0 Å². The number of aliphatic hydroxyl groups excluding tert-OH is 1. The van der Waals surface area contributed by atoms with Gasteiger partial charge in [0.05, 0.1) is 38.4 Å². The van der Waals surface area contributed by atoms with E-state index in [-0.39, 0.29) is 24.7 Å². The minimum Gasteiger partial charge on any atom is -0.394 e. The van der Waals surface area contributed by atoms with Gasteiger partial charge >= 0.3 is 0 Å². The summed E-state index contributed by atoms with van der Waals surface area (Å²) < 4.78 is 10.8. The highest BCUT2D eigenvalue weighted by molar-refractivity contribution is 5.77. The number of benzene rings is 1. The number of rotatable bonds is 7. The van der Waals surface area contributed by atoms with E-state index < -0.39 is 0 Å². The fraction of sp³-hybridized carbons (Fsp3) is 0.562. The number of ether oxygens (including phenoxy) is 2. The molecule has 1 aromatic rings. The highest BCUT2D eigenvalue weighted by Crippen LogP contribution is 2.20. The van der Waals surface area contributed by atoms with Crippen LogP contribution < -0.4 is 0 Å². The van der Waals surface area contributed by atoms with Gasteiger partial charge in [0, 0.05) is 13.7 Å². The average Bonchev–Trinajstić information content (AvgIpc) is 2.96. The summed E-state index contributed by atoms with van der Waals surface area (Å²) in [6.45, 7) is 1.44. The third-order valence-corrected chi connectivity index (χ3v) is 3.81. The van der Waals surface area contributed by atoms with Crippen molar-refractivity contribution in [2.24, 2.45) is 0 Å². The molecule has 0 unspecified atom stereocenters. The van der Waals surface area contributed by atoms with E-state index in [1.54, 1.807) is 12.0 Å². The van der Waals surface area contributed by atoms with Gasteiger partial charge in [-0.3, -0.25) is 4.79 Å². The number of likely N-dealkylation sites (tertiary alicyclic amines) is 1. The number of aliphatic hydroxyl groups is 1. The molecule has 0 saturated carbocycles. The lowest BCUT2D eigenvalue weighted by atomic mass is 10.2. The zero-order valence-corrected chi connectivity index (χ0v) is 12.4. The Morgan fingerprint density at radius 3 is 2.81 bits per heavy atom. The Morgan fingerprint density at radius 2 is 2.14 bits per heavy atom. The fourth-order valence-corrected chi connectivity index (χ4v) is 2.59. The second-order valence-electron chi connectivity index (χ2n) is 5.26. The summed E-state index contributed by atoms with van der Waals surface area (Å²) in [7, 11) is 1.63. The fourth-order valence-electron chi connectivity index (χ4n) is 2.59. The monoisotopic (exact) mass is 293 g/mol. The normalized spacial score (nSPS) is 21.7. The van der Waals surface area contributed by atoms with Gasteiger partial charge in [-0.15, -0.1) is 0 Å². The first kappa shape index (κ1) is 15.9. The maximum absolute atomic E-state index is 12.2. The number of carbonyl (C=O) groups is 1. The predicted molar refractivity (Wildman–Crippen MR) is 78.7 cm³/mol. The molecular formula is C16H23NO4. The molecule has 1 fully saturated rings. The minimum absolute atomic E-state index is 0.0154. The van der Waals surface area contributed by atoms with Gasteiger partial charge < -0.3 is 19.5 Å². The standard InChI is InChI=1S/C16H23NO4/c1-20-15-9-14(11-18)17(10-15)16(19)7-8-21-12-13-5-3-2-4-6-13/h2-6,14-15,18H,7-12H2,1H3/t14-,15-/m0/s1. The van der Waals surface area contributed by atoms with E-state index in [4.69, 9.17) is 9.47 Å². The van der Waals surface area contributed by atoms with Crippen LogP contribution in [0.1, 0.15) is 18.4 Å². The third kappa shape index (κ3) is 4.52. The number of hydrogen-bond acceptors (Lipinski definition) is 4. The molecule has 5 nitrogen and oxygen atoms in total. The van der Waals surface area contributed by atoms with E-state index in [0.717, 1.165) is 5.56 Å². The Bertz CT molecular complexity index is 437. The molecule has 1 saturated heterocycles. The van der Waals surface area contributed by atoms with Crippen LogP contribution in [-0.4, -0.2) is 54.9 Å². The molecular weight excluding hydrogens is 270 g/mol. The number of methoxy groups -OCH3 is 1. The SMILES string of the molecule is CO[C@H]1C[C@@H](CO)N(C(=O)CCOCc2ccccc2)C1. The molecule has 5 heteroatoms. The van der Waals surface area contributed by atoms with Gasteiger partial charge in [0.2, 0.25) is 5.91 Å². The van der Waals surface area contributed by atoms with Gasteiger partial charge in [-0.1, -0.05) is 30.3 Å². The van der Waals surface area contributed by atoms with Crippen molar-refractivity contribution in [2.75, 3.05) is 26.9 Å². The third-order valence-electron chi connectivity index (χ3n) is 3.81. The first-order valence-electron chi connectivity index (χ1n) is 7.29. The Labute approximate surface area is 125 Å². The van der Waals surface area contributed by atoms with Crippen LogP contribution in [0.5, 0.6) is 0 Å². The van der Waals surface area contributed by atoms with Crippen LogP contribution in [0.4, 0.5) is 0 Å². The van der Waals surface area contributed by atoms with E-state index in [1.807, 2.05) is 30.3 Å². The quantitative estimate of drug-likeness (QED) is 0.768. The van der Waals surface area contributed by atoms with Crippen molar-refractivity contribution in [1.29, 1.82) is 0 Å². The molecule has 0 aromatic heterocycles. The molecule has 1 amide bonds. The van der Waals surface area contributed by atoms with Crippen molar-refractivity contribution in [3.8, 4) is 0 Å². The molecule has 1 aliphatic rings. The summed E-state index contributed by atoms with van der Waals surface area (Å²) in [4.78, 5) is 13.9. The largest absolute Gasteiger partial charge is 0.394 e. The van der Waals surface area contributed by atoms with Crippen molar-refractivity contribution in [3.05, 3.63) is 35.9 Å². The van der Waals surface area contributed by atoms with E-state index >= 15 is 0 Å². The topological polar surface area (TPSA) is 59.0 Å². The molecule has 21 heavy (non-hydrogen) atoms. The first-order chi connectivity index (χ1) is 10.2. The van der Waals surface area contributed by atoms with Crippen LogP contribution in [0.3, 0.4) is 0 Å². The maximum Gasteiger partial charge on any atom is 0.225 e. The lowest BCUT2D eigenvalue weighted by molar-refractivity contribution is -0.134. The molecule has 2 rings (SSSR count). The van der Waals surface area contributed by atoms with Crippen LogP contribution in [0.15, 0.2) is 30.3 Å². The van der Waals surface area contributed by atoms with Crippen molar-refractivity contribution >= 4 is 5.91 Å². The van der Waals surface area contributed by atoms with Crippen molar-refractivity contribution in [3.63, 3.8) is 0 Å². The Morgan fingerprint density at radius 1 is 1.38 bits per heavy atom. The maximum atomic E-state index is 12.2. The van der Waals surface area contributed by atoms with Gasteiger partial charge in [0.25, 0.3) is 0 Å². The molecule has 116 valence electrons. The Kier molecular flexibility index (Phi) is 6.17. The molecule has 0 radical (unpaired) electrons. The van der Waals surface area contributed by atoms with Crippen molar-refractivity contribution < 1.29 is 19.4 Å². The Balaban J connectivity index is 1.71. The van der Waals surface area contributed by atoms with Gasteiger partial charge in [0.1, 0.15) is 0 Å².